The van der Waals surface area contributed by atoms with E-state index in [2.05, 4.69) is 20.8 Å². The number of ketones is 2. The molecule has 3 rings (SSSR count). The fraction of sp³-hybridized carbons (Fsp3) is 0.455. The number of allylic oxidation sites excluding steroid dienone is 4. The van der Waals surface area contributed by atoms with E-state index >= 15 is 0 Å². The average Bonchev–Trinajstić information content (AvgIpc) is 2.94. The van der Waals surface area contributed by atoms with Crippen LogP contribution in [0.15, 0.2) is 48.1 Å². The maximum absolute atomic E-state index is 13.5. The Labute approximate surface area is 144 Å². The third-order valence-corrected chi connectivity index (χ3v) is 5.50. The minimum Gasteiger partial charge on any atom is -0.294 e. The summed E-state index contributed by atoms with van der Waals surface area (Å²) < 4.78 is 0. The van der Waals surface area contributed by atoms with Crippen molar-refractivity contribution in [1.29, 1.82) is 0 Å². The molecular weight excluding hydrogens is 296 g/mol. The minimum atomic E-state index is -0.766. The summed E-state index contributed by atoms with van der Waals surface area (Å²) in [5.41, 5.74) is 1.04. The minimum absolute atomic E-state index is 0.0822. The molecule has 126 valence electrons. The highest BCUT2D eigenvalue weighted by molar-refractivity contribution is 6.31. The van der Waals surface area contributed by atoms with E-state index in [9.17, 15) is 9.59 Å². The first kappa shape index (κ1) is 16.9. The Morgan fingerprint density at radius 3 is 1.96 bits per heavy atom. The van der Waals surface area contributed by atoms with E-state index in [0.29, 0.717) is 5.57 Å². The standard InChI is InChI=1S/C22H26O2/c1-20(2,3)17-13-22(21(4,5)6)16(18(17)23)12-15(19(22)24)14-10-8-7-9-11-14/h7-13,16H,1-6H3/t16-,22-/m0/s1. The van der Waals surface area contributed by atoms with Crippen molar-refractivity contribution in [3.05, 3.63) is 53.6 Å². The highest BCUT2D eigenvalue weighted by Crippen LogP contribution is 2.60. The molecule has 2 aliphatic rings. The Morgan fingerprint density at radius 1 is 0.917 bits per heavy atom. The molecule has 1 aromatic rings. The zero-order chi connectivity index (χ0) is 17.9. The normalized spacial score (nSPS) is 27.2. The maximum Gasteiger partial charge on any atom is 0.174 e. The van der Waals surface area contributed by atoms with Crippen LogP contribution in [0, 0.1) is 22.2 Å². The van der Waals surface area contributed by atoms with E-state index in [4.69, 9.17) is 0 Å². The van der Waals surface area contributed by atoms with E-state index in [1.54, 1.807) is 0 Å². The van der Waals surface area contributed by atoms with Crippen LogP contribution in [-0.2, 0) is 9.59 Å². The summed E-state index contributed by atoms with van der Waals surface area (Å²) >= 11 is 0. The van der Waals surface area contributed by atoms with Gasteiger partial charge < -0.3 is 0 Å². The van der Waals surface area contributed by atoms with Gasteiger partial charge in [-0.3, -0.25) is 9.59 Å². The van der Waals surface area contributed by atoms with Gasteiger partial charge in [-0.05, 0) is 22.0 Å². The lowest BCUT2D eigenvalue weighted by atomic mass is 9.61. The molecular formula is C22H26O2. The molecule has 0 aliphatic heterocycles. The summed E-state index contributed by atoms with van der Waals surface area (Å²) in [6.07, 6.45) is 3.91. The lowest BCUT2D eigenvalue weighted by Gasteiger charge is -2.39. The van der Waals surface area contributed by atoms with Gasteiger partial charge in [-0.2, -0.15) is 0 Å². The van der Waals surface area contributed by atoms with E-state index in [1.807, 2.05) is 63.3 Å². The second-order valence-electron chi connectivity index (χ2n) is 9.04. The molecule has 2 heteroatoms. The molecule has 24 heavy (non-hydrogen) atoms. The van der Waals surface area contributed by atoms with Crippen LogP contribution in [0.25, 0.3) is 5.57 Å². The highest BCUT2D eigenvalue weighted by Gasteiger charge is 2.62. The van der Waals surface area contributed by atoms with Gasteiger partial charge in [0.05, 0.1) is 11.3 Å². The fourth-order valence-electron chi connectivity index (χ4n) is 4.10. The first-order chi connectivity index (χ1) is 11.0. The molecule has 0 fully saturated rings. The molecule has 0 unspecified atom stereocenters. The molecule has 1 aromatic carbocycles. The number of carbonyl (C=O) groups excluding carboxylic acids is 2. The van der Waals surface area contributed by atoms with Crippen LogP contribution >= 0.6 is 0 Å². The van der Waals surface area contributed by atoms with Crippen LogP contribution in [-0.4, -0.2) is 11.6 Å². The summed E-state index contributed by atoms with van der Waals surface area (Å²) in [6.45, 7) is 12.3. The average molecular weight is 322 g/mol. The van der Waals surface area contributed by atoms with E-state index < -0.39 is 5.41 Å². The topological polar surface area (TPSA) is 34.1 Å². The number of fused-ring (bicyclic) bond motifs is 1. The van der Waals surface area contributed by atoms with Crippen molar-refractivity contribution in [1.82, 2.24) is 0 Å². The molecule has 0 amide bonds. The number of hydrogen-bond donors (Lipinski definition) is 0. The van der Waals surface area contributed by atoms with Crippen LogP contribution in [0.3, 0.4) is 0 Å². The predicted molar refractivity (Wildman–Crippen MR) is 97.3 cm³/mol. The molecule has 0 saturated carbocycles. The van der Waals surface area contributed by atoms with Gasteiger partial charge >= 0.3 is 0 Å². The third kappa shape index (κ3) is 2.16. The van der Waals surface area contributed by atoms with Crippen LogP contribution in [0.1, 0.15) is 47.1 Å². The zero-order valence-electron chi connectivity index (χ0n) is 15.4. The van der Waals surface area contributed by atoms with Crippen molar-refractivity contribution < 1.29 is 9.59 Å². The Hall–Kier alpha value is -1.96. The Balaban J connectivity index is 2.19. The molecule has 2 nitrogen and oxygen atoms in total. The van der Waals surface area contributed by atoms with Crippen LogP contribution in [0.5, 0.6) is 0 Å². The van der Waals surface area contributed by atoms with Gasteiger partial charge in [0.1, 0.15) is 0 Å². The van der Waals surface area contributed by atoms with Crippen molar-refractivity contribution in [3.63, 3.8) is 0 Å². The number of benzene rings is 1. The first-order valence-electron chi connectivity index (χ1n) is 8.60. The number of carbonyl (C=O) groups is 2. The smallest absolute Gasteiger partial charge is 0.174 e. The second kappa shape index (κ2) is 5.02. The lowest BCUT2D eigenvalue weighted by molar-refractivity contribution is -0.131. The summed E-state index contributed by atoms with van der Waals surface area (Å²) in [5.74, 6) is -0.190. The fourth-order valence-corrected chi connectivity index (χ4v) is 4.10. The van der Waals surface area contributed by atoms with Crippen molar-refractivity contribution in [3.8, 4) is 0 Å². The van der Waals surface area contributed by atoms with Crippen molar-refractivity contribution >= 4 is 17.1 Å². The zero-order valence-corrected chi connectivity index (χ0v) is 15.4. The van der Waals surface area contributed by atoms with Gasteiger partial charge in [-0.15, -0.1) is 0 Å². The molecule has 0 radical (unpaired) electrons. The summed E-state index contributed by atoms with van der Waals surface area (Å²) in [5, 5.41) is 0. The van der Waals surface area contributed by atoms with E-state index in [1.165, 1.54) is 0 Å². The molecule has 0 saturated heterocycles. The largest absolute Gasteiger partial charge is 0.294 e. The monoisotopic (exact) mass is 322 g/mol. The van der Waals surface area contributed by atoms with E-state index in [0.717, 1.165) is 11.1 Å². The summed E-state index contributed by atoms with van der Waals surface area (Å²) in [6, 6.07) is 9.69. The molecule has 0 spiro atoms. The Kier molecular flexibility index (Phi) is 3.53. The van der Waals surface area contributed by atoms with Crippen LogP contribution < -0.4 is 0 Å². The van der Waals surface area contributed by atoms with Gasteiger partial charge in [-0.25, -0.2) is 0 Å². The molecule has 0 aromatic heterocycles. The maximum atomic E-state index is 13.5. The first-order valence-corrected chi connectivity index (χ1v) is 8.60. The third-order valence-electron chi connectivity index (χ3n) is 5.50. The van der Waals surface area contributed by atoms with Crippen LogP contribution in [0.4, 0.5) is 0 Å². The van der Waals surface area contributed by atoms with Crippen LogP contribution in [0.2, 0.25) is 0 Å². The predicted octanol–water partition coefficient (Wildman–Crippen LogP) is 4.86. The molecule has 0 N–H and O–H groups in total. The van der Waals surface area contributed by atoms with E-state index in [-0.39, 0.29) is 28.3 Å². The lowest BCUT2D eigenvalue weighted by Crippen LogP contribution is -2.43. The molecule has 0 bridgehead atoms. The van der Waals surface area contributed by atoms with Gasteiger partial charge in [0.25, 0.3) is 0 Å². The highest BCUT2D eigenvalue weighted by atomic mass is 16.1. The summed E-state index contributed by atoms with van der Waals surface area (Å²) in [7, 11) is 0. The summed E-state index contributed by atoms with van der Waals surface area (Å²) in [4.78, 5) is 26.7. The number of rotatable bonds is 1. The molecule has 2 atom stereocenters. The quantitative estimate of drug-likeness (QED) is 0.740. The van der Waals surface area contributed by atoms with Crippen molar-refractivity contribution in [2.45, 2.75) is 41.5 Å². The van der Waals surface area contributed by atoms with Gasteiger partial charge in [-0.1, -0.05) is 84.0 Å². The Bertz CT molecular complexity index is 766. The number of hydrogen-bond acceptors (Lipinski definition) is 2. The Morgan fingerprint density at radius 2 is 1.50 bits per heavy atom. The van der Waals surface area contributed by atoms with Gasteiger partial charge in [0.2, 0.25) is 0 Å². The van der Waals surface area contributed by atoms with Gasteiger partial charge in [0, 0.05) is 5.57 Å². The van der Waals surface area contributed by atoms with Crippen molar-refractivity contribution in [2.75, 3.05) is 0 Å². The SMILES string of the molecule is CC(C)(C)C1=C[C@@]2(C(C)(C)C)C(=O)C(c3ccccc3)=C[C@H]2C1=O. The van der Waals surface area contributed by atoms with Crippen molar-refractivity contribution in [2.24, 2.45) is 22.2 Å². The molecule has 0 heterocycles. The number of Topliss-reactive ketones (excluding diaryl/α,β-unsaturated/α-hetero) is 2. The van der Waals surface area contributed by atoms with Gasteiger partial charge in [0.15, 0.2) is 11.6 Å². The second-order valence-corrected chi connectivity index (χ2v) is 9.04. The molecule has 2 aliphatic carbocycles.